The number of nitrogens with one attached hydrogen (secondary N) is 1. The maximum absolute atomic E-state index is 9.64. The number of phenolic OH excluding ortho intramolecular Hbond substituents is 1. The van der Waals surface area contributed by atoms with Gasteiger partial charge in [-0.05, 0) is 55.8 Å². The second-order valence-electron chi connectivity index (χ2n) is 6.53. The van der Waals surface area contributed by atoms with Crippen LogP contribution in [0.5, 0.6) is 11.5 Å². The quantitative estimate of drug-likeness (QED) is 0.822. The highest BCUT2D eigenvalue weighted by Gasteiger charge is 2.18. The normalized spacial score (nSPS) is 23.8. The van der Waals surface area contributed by atoms with Crippen LogP contribution >= 0.6 is 0 Å². The van der Waals surface area contributed by atoms with Crippen LogP contribution in [0.15, 0.2) is 18.2 Å². The van der Waals surface area contributed by atoms with Gasteiger partial charge in [-0.25, -0.2) is 0 Å². The maximum atomic E-state index is 9.64. The predicted molar refractivity (Wildman–Crippen MR) is 86.8 cm³/mol. The Morgan fingerprint density at radius 2 is 2.19 bits per heavy atom. The van der Waals surface area contributed by atoms with Crippen molar-refractivity contribution in [2.45, 2.75) is 52.0 Å². The lowest BCUT2D eigenvalue weighted by atomic mass is 9.81. The van der Waals surface area contributed by atoms with E-state index in [9.17, 15) is 5.11 Å². The summed E-state index contributed by atoms with van der Waals surface area (Å²) in [7, 11) is 1.58. The SMILES string of the molecule is COc1cc(C(C)NCCC2CCCC(C)C2)ccc1O. The zero-order valence-electron chi connectivity index (χ0n) is 13.6. The third-order valence-electron chi connectivity index (χ3n) is 4.75. The zero-order chi connectivity index (χ0) is 15.2. The van der Waals surface area contributed by atoms with Gasteiger partial charge in [0.2, 0.25) is 0 Å². The molecule has 1 saturated carbocycles. The molecule has 0 heterocycles. The molecule has 1 aromatic rings. The Kier molecular flexibility index (Phi) is 5.92. The molecule has 1 aliphatic carbocycles. The average Bonchev–Trinajstić information content (AvgIpc) is 2.47. The third kappa shape index (κ3) is 4.63. The molecule has 3 unspecified atom stereocenters. The molecule has 2 N–H and O–H groups in total. The molecule has 0 aliphatic heterocycles. The lowest BCUT2D eigenvalue weighted by Crippen LogP contribution is -2.23. The molecule has 118 valence electrons. The van der Waals surface area contributed by atoms with Crippen LogP contribution in [-0.4, -0.2) is 18.8 Å². The van der Waals surface area contributed by atoms with Crippen molar-refractivity contribution >= 4 is 0 Å². The fourth-order valence-electron chi connectivity index (χ4n) is 3.41. The van der Waals surface area contributed by atoms with Crippen LogP contribution in [0.2, 0.25) is 0 Å². The van der Waals surface area contributed by atoms with E-state index in [1.807, 2.05) is 12.1 Å². The number of phenols is 1. The fourth-order valence-corrected chi connectivity index (χ4v) is 3.41. The van der Waals surface area contributed by atoms with Crippen molar-refractivity contribution in [3.63, 3.8) is 0 Å². The van der Waals surface area contributed by atoms with E-state index in [2.05, 4.69) is 19.2 Å². The van der Waals surface area contributed by atoms with Gasteiger partial charge in [0.05, 0.1) is 7.11 Å². The van der Waals surface area contributed by atoms with Gasteiger partial charge in [0.1, 0.15) is 0 Å². The second-order valence-corrected chi connectivity index (χ2v) is 6.53. The Bertz CT molecular complexity index is 447. The van der Waals surface area contributed by atoms with E-state index in [1.54, 1.807) is 13.2 Å². The van der Waals surface area contributed by atoms with Gasteiger partial charge in [0, 0.05) is 6.04 Å². The first-order valence-electron chi connectivity index (χ1n) is 8.20. The highest BCUT2D eigenvalue weighted by atomic mass is 16.5. The summed E-state index contributed by atoms with van der Waals surface area (Å²) in [5, 5.41) is 13.2. The summed E-state index contributed by atoms with van der Waals surface area (Å²) in [5.74, 6) is 2.54. The Hall–Kier alpha value is -1.22. The largest absolute Gasteiger partial charge is 0.504 e. The summed E-state index contributed by atoms with van der Waals surface area (Å²) in [6.07, 6.45) is 6.87. The summed E-state index contributed by atoms with van der Waals surface area (Å²) < 4.78 is 5.17. The van der Waals surface area contributed by atoms with E-state index in [4.69, 9.17) is 4.74 Å². The smallest absolute Gasteiger partial charge is 0.160 e. The lowest BCUT2D eigenvalue weighted by molar-refractivity contribution is 0.265. The van der Waals surface area contributed by atoms with E-state index in [0.29, 0.717) is 5.75 Å². The van der Waals surface area contributed by atoms with Crippen LogP contribution < -0.4 is 10.1 Å². The summed E-state index contributed by atoms with van der Waals surface area (Å²) in [4.78, 5) is 0. The topological polar surface area (TPSA) is 41.5 Å². The van der Waals surface area contributed by atoms with Crippen molar-refractivity contribution in [2.75, 3.05) is 13.7 Å². The van der Waals surface area contributed by atoms with Gasteiger partial charge in [-0.3, -0.25) is 0 Å². The standard InChI is InChI=1S/C18H29NO2/c1-13-5-4-6-15(11-13)9-10-19-14(2)16-7-8-17(20)18(12-16)21-3/h7-8,12-15,19-20H,4-6,9-11H2,1-3H3. The van der Waals surface area contributed by atoms with Crippen molar-refractivity contribution in [1.82, 2.24) is 5.32 Å². The molecule has 3 heteroatoms. The number of aromatic hydroxyl groups is 1. The Morgan fingerprint density at radius 3 is 2.90 bits per heavy atom. The molecule has 21 heavy (non-hydrogen) atoms. The Morgan fingerprint density at radius 1 is 1.38 bits per heavy atom. The number of benzene rings is 1. The van der Waals surface area contributed by atoms with E-state index in [-0.39, 0.29) is 11.8 Å². The first-order valence-corrected chi connectivity index (χ1v) is 8.20. The van der Waals surface area contributed by atoms with E-state index < -0.39 is 0 Å². The molecule has 0 amide bonds. The van der Waals surface area contributed by atoms with Crippen molar-refractivity contribution in [1.29, 1.82) is 0 Å². The number of ether oxygens (including phenoxy) is 1. The summed E-state index contributed by atoms with van der Waals surface area (Å²) >= 11 is 0. The predicted octanol–water partition coefficient (Wildman–Crippen LogP) is 4.27. The lowest BCUT2D eigenvalue weighted by Gasteiger charge is -2.27. The first-order chi connectivity index (χ1) is 10.1. The molecule has 0 aromatic heterocycles. The molecule has 1 fully saturated rings. The molecule has 1 aromatic carbocycles. The van der Waals surface area contributed by atoms with Gasteiger partial charge in [-0.2, -0.15) is 0 Å². The van der Waals surface area contributed by atoms with Crippen LogP contribution in [-0.2, 0) is 0 Å². The van der Waals surface area contributed by atoms with Crippen LogP contribution in [0.25, 0.3) is 0 Å². The van der Waals surface area contributed by atoms with Crippen LogP contribution in [0.3, 0.4) is 0 Å². The van der Waals surface area contributed by atoms with Crippen LogP contribution in [0.4, 0.5) is 0 Å². The molecule has 3 atom stereocenters. The average molecular weight is 291 g/mol. The Balaban J connectivity index is 1.80. The minimum absolute atomic E-state index is 0.199. The van der Waals surface area contributed by atoms with E-state index in [1.165, 1.54) is 32.1 Å². The molecule has 1 aliphatic rings. The van der Waals surface area contributed by atoms with Crippen LogP contribution in [0.1, 0.15) is 57.6 Å². The first kappa shape index (κ1) is 16.2. The molecule has 0 bridgehead atoms. The molecular formula is C18H29NO2. The van der Waals surface area contributed by atoms with Gasteiger partial charge in [-0.1, -0.05) is 32.3 Å². The monoisotopic (exact) mass is 291 g/mol. The number of hydrogen-bond acceptors (Lipinski definition) is 3. The zero-order valence-corrected chi connectivity index (χ0v) is 13.6. The van der Waals surface area contributed by atoms with E-state index in [0.717, 1.165) is 23.9 Å². The molecule has 0 spiro atoms. The van der Waals surface area contributed by atoms with Crippen molar-refractivity contribution < 1.29 is 9.84 Å². The number of methoxy groups -OCH3 is 1. The van der Waals surface area contributed by atoms with Crippen molar-refractivity contribution in [2.24, 2.45) is 11.8 Å². The summed E-state index contributed by atoms with van der Waals surface area (Å²) in [6.45, 7) is 5.60. The Labute approximate surface area is 128 Å². The van der Waals surface area contributed by atoms with Crippen molar-refractivity contribution in [3.8, 4) is 11.5 Å². The maximum Gasteiger partial charge on any atom is 0.160 e. The molecule has 0 saturated heterocycles. The molecular weight excluding hydrogens is 262 g/mol. The number of rotatable bonds is 6. The third-order valence-corrected chi connectivity index (χ3v) is 4.75. The second kappa shape index (κ2) is 7.69. The van der Waals surface area contributed by atoms with Gasteiger partial charge in [-0.15, -0.1) is 0 Å². The molecule has 0 radical (unpaired) electrons. The summed E-state index contributed by atoms with van der Waals surface area (Å²) in [6, 6.07) is 5.85. The van der Waals surface area contributed by atoms with Crippen molar-refractivity contribution in [3.05, 3.63) is 23.8 Å². The highest BCUT2D eigenvalue weighted by molar-refractivity contribution is 5.42. The van der Waals surface area contributed by atoms with Gasteiger partial charge in [0.25, 0.3) is 0 Å². The van der Waals surface area contributed by atoms with Crippen LogP contribution in [0, 0.1) is 11.8 Å². The summed E-state index contributed by atoms with van der Waals surface area (Å²) in [5.41, 5.74) is 1.15. The number of hydrogen-bond donors (Lipinski definition) is 2. The highest BCUT2D eigenvalue weighted by Crippen LogP contribution is 2.31. The van der Waals surface area contributed by atoms with E-state index >= 15 is 0 Å². The van der Waals surface area contributed by atoms with Gasteiger partial charge < -0.3 is 15.2 Å². The molecule has 3 nitrogen and oxygen atoms in total. The van der Waals surface area contributed by atoms with Gasteiger partial charge in [0.15, 0.2) is 11.5 Å². The molecule has 2 rings (SSSR count). The fraction of sp³-hybridized carbons (Fsp3) is 0.667. The van der Waals surface area contributed by atoms with Gasteiger partial charge >= 0.3 is 0 Å². The minimum Gasteiger partial charge on any atom is -0.504 e. The minimum atomic E-state index is 0.199.